The minimum atomic E-state index is 0.134. The fourth-order valence-corrected chi connectivity index (χ4v) is 4.13. The summed E-state index contributed by atoms with van der Waals surface area (Å²) in [6, 6.07) is 11.3. The van der Waals surface area contributed by atoms with Crippen LogP contribution >= 0.6 is 0 Å². The van der Waals surface area contributed by atoms with Gasteiger partial charge in [0.25, 0.3) is 0 Å². The number of hydrogen-bond donors (Lipinski definition) is 1. The number of phenolic OH excluding ortho intramolecular Hbond substituents is 1. The van der Waals surface area contributed by atoms with Crippen molar-refractivity contribution >= 4 is 17.6 Å². The number of fused-ring (bicyclic) bond motifs is 1. The summed E-state index contributed by atoms with van der Waals surface area (Å²) in [6.07, 6.45) is 4.09. The van der Waals surface area contributed by atoms with Gasteiger partial charge in [-0.3, -0.25) is 4.99 Å². The second-order valence-electron chi connectivity index (χ2n) is 8.00. The number of nitrogens with zero attached hydrogens (tertiary/aromatic N) is 2. The molecule has 1 unspecified atom stereocenters. The maximum absolute atomic E-state index is 9.42. The van der Waals surface area contributed by atoms with Crippen molar-refractivity contribution in [3.63, 3.8) is 0 Å². The zero-order valence-electron chi connectivity index (χ0n) is 17.0. The third-order valence-corrected chi connectivity index (χ3v) is 5.39. The fourth-order valence-electron chi connectivity index (χ4n) is 4.13. The number of benzene rings is 2. The summed E-state index contributed by atoms with van der Waals surface area (Å²) in [6.45, 7) is 10.2. The number of methoxy groups -OCH3 is 1. The number of ether oxygens (including phenoxy) is 1. The average molecular weight is 367 g/mol. The first kappa shape index (κ1) is 19.3. The van der Waals surface area contributed by atoms with Gasteiger partial charge in [0.2, 0.25) is 0 Å². The van der Waals surface area contributed by atoms with Crippen molar-refractivity contribution in [3.05, 3.63) is 47.5 Å². The number of hydrogen-bond acceptors (Lipinski definition) is 4. The Labute approximate surface area is 162 Å². The molecule has 1 atom stereocenters. The lowest BCUT2D eigenvalue weighted by Gasteiger charge is -2.47. The van der Waals surface area contributed by atoms with Crippen molar-refractivity contribution in [3.8, 4) is 11.5 Å². The van der Waals surface area contributed by atoms with Crippen LogP contribution in [0.3, 0.4) is 0 Å². The third-order valence-electron chi connectivity index (χ3n) is 5.39. The summed E-state index contributed by atoms with van der Waals surface area (Å²) < 4.78 is 5.69. The quantitative estimate of drug-likeness (QED) is 0.695. The molecule has 0 amide bonds. The molecule has 0 radical (unpaired) electrons. The van der Waals surface area contributed by atoms with Gasteiger partial charge in [-0.2, -0.15) is 0 Å². The van der Waals surface area contributed by atoms with Crippen LogP contribution in [0.5, 0.6) is 11.5 Å². The Morgan fingerprint density at radius 2 is 1.96 bits per heavy atom. The second-order valence-corrected chi connectivity index (χ2v) is 8.00. The molecule has 4 nitrogen and oxygen atoms in total. The topological polar surface area (TPSA) is 45.1 Å². The largest absolute Gasteiger partial charge is 0.508 e. The molecule has 1 heterocycles. The minimum absolute atomic E-state index is 0.134. The molecule has 2 aromatic rings. The van der Waals surface area contributed by atoms with Crippen molar-refractivity contribution in [1.29, 1.82) is 0 Å². The van der Waals surface area contributed by atoms with E-state index in [2.05, 4.69) is 49.7 Å². The maximum atomic E-state index is 9.42. The molecule has 0 fully saturated rings. The van der Waals surface area contributed by atoms with Gasteiger partial charge in [0, 0.05) is 35.6 Å². The minimum Gasteiger partial charge on any atom is -0.508 e. The van der Waals surface area contributed by atoms with Gasteiger partial charge in [0.1, 0.15) is 11.5 Å². The smallest absolute Gasteiger partial charge is 0.129 e. The highest BCUT2D eigenvalue weighted by Crippen LogP contribution is 2.45. The van der Waals surface area contributed by atoms with Crippen LogP contribution in [0.2, 0.25) is 0 Å². The molecule has 0 aromatic heterocycles. The van der Waals surface area contributed by atoms with Gasteiger partial charge in [0.15, 0.2) is 0 Å². The lowest BCUT2D eigenvalue weighted by atomic mass is 9.79. The molecule has 4 heteroatoms. The van der Waals surface area contributed by atoms with Crippen molar-refractivity contribution < 1.29 is 9.84 Å². The van der Waals surface area contributed by atoms with Gasteiger partial charge in [-0.25, -0.2) is 0 Å². The van der Waals surface area contributed by atoms with Gasteiger partial charge < -0.3 is 14.7 Å². The number of rotatable bonds is 5. The van der Waals surface area contributed by atoms with Crippen LogP contribution in [0.25, 0.3) is 0 Å². The number of aromatic hydroxyl groups is 1. The van der Waals surface area contributed by atoms with Crippen molar-refractivity contribution in [1.82, 2.24) is 0 Å². The Morgan fingerprint density at radius 3 is 2.59 bits per heavy atom. The van der Waals surface area contributed by atoms with Crippen molar-refractivity contribution in [2.24, 2.45) is 4.99 Å². The van der Waals surface area contributed by atoms with Gasteiger partial charge in [-0.1, -0.05) is 13.8 Å². The van der Waals surface area contributed by atoms with E-state index in [-0.39, 0.29) is 11.3 Å². The molecule has 0 bridgehead atoms. The monoisotopic (exact) mass is 366 g/mol. The Hall–Kier alpha value is -2.49. The molecular weight excluding hydrogens is 336 g/mol. The highest BCUT2D eigenvalue weighted by Gasteiger charge is 2.36. The van der Waals surface area contributed by atoms with Crippen LogP contribution in [-0.4, -0.2) is 30.5 Å². The summed E-state index contributed by atoms with van der Waals surface area (Å²) in [5.41, 5.74) is 4.55. The van der Waals surface area contributed by atoms with E-state index in [0.29, 0.717) is 5.92 Å². The second kappa shape index (κ2) is 7.63. The standard InChI is InChI=1S/C23H30N2O2/c1-6-11-25-21-13-22(27-5)17(12-20(21)16(2)14-23(25,3)4)15-24-18-7-9-19(26)10-8-18/h7-10,12-13,15-16,26H,6,11,14H2,1-5H3. The van der Waals surface area contributed by atoms with Gasteiger partial charge in [-0.15, -0.1) is 0 Å². The molecule has 0 spiro atoms. The first-order valence-electron chi connectivity index (χ1n) is 9.68. The van der Waals surface area contributed by atoms with Crippen LogP contribution in [-0.2, 0) is 0 Å². The normalized spacial score (nSPS) is 18.6. The van der Waals surface area contributed by atoms with Crippen LogP contribution in [0.1, 0.15) is 57.6 Å². The van der Waals surface area contributed by atoms with Crippen molar-refractivity contribution in [2.45, 2.75) is 52.0 Å². The zero-order chi connectivity index (χ0) is 19.6. The van der Waals surface area contributed by atoms with E-state index in [1.165, 1.54) is 11.3 Å². The van der Waals surface area contributed by atoms with Crippen LogP contribution in [0, 0.1) is 0 Å². The number of anilines is 1. The summed E-state index contributed by atoms with van der Waals surface area (Å²) in [5, 5.41) is 9.42. The zero-order valence-corrected chi connectivity index (χ0v) is 17.0. The van der Waals surface area contributed by atoms with E-state index in [1.807, 2.05) is 6.21 Å². The molecule has 0 saturated heterocycles. The summed E-state index contributed by atoms with van der Waals surface area (Å²) >= 11 is 0. The molecule has 0 saturated carbocycles. The number of aliphatic imine (C=N–C) groups is 1. The highest BCUT2D eigenvalue weighted by atomic mass is 16.5. The van der Waals surface area contributed by atoms with E-state index in [0.717, 1.165) is 36.4 Å². The molecule has 0 aliphatic carbocycles. The first-order chi connectivity index (χ1) is 12.9. The van der Waals surface area contributed by atoms with Crippen molar-refractivity contribution in [2.75, 3.05) is 18.6 Å². The average Bonchev–Trinajstić information content (AvgIpc) is 2.63. The van der Waals surface area contributed by atoms with Crippen LogP contribution in [0.4, 0.5) is 11.4 Å². The summed E-state index contributed by atoms with van der Waals surface area (Å²) in [4.78, 5) is 7.07. The van der Waals surface area contributed by atoms with Gasteiger partial charge in [-0.05, 0) is 68.5 Å². The lowest BCUT2D eigenvalue weighted by molar-refractivity contribution is 0.372. The Bertz CT molecular complexity index is 825. The Balaban J connectivity index is 2.03. The van der Waals surface area contributed by atoms with E-state index in [9.17, 15) is 5.11 Å². The lowest BCUT2D eigenvalue weighted by Crippen LogP contribution is -2.48. The number of phenols is 1. The summed E-state index contributed by atoms with van der Waals surface area (Å²) in [5.74, 6) is 1.56. The van der Waals surface area contributed by atoms with E-state index >= 15 is 0 Å². The molecule has 1 aliphatic rings. The third kappa shape index (κ3) is 3.95. The predicted octanol–water partition coefficient (Wildman–Crippen LogP) is 5.65. The maximum Gasteiger partial charge on any atom is 0.129 e. The first-order valence-corrected chi connectivity index (χ1v) is 9.68. The molecule has 144 valence electrons. The van der Waals surface area contributed by atoms with E-state index < -0.39 is 0 Å². The highest BCUT2D eigenvalue weighted by molar-refractivity contribution is 5.87. The molecule has 1 aliphatic heterocycles. The Morgan fingerprint density at radius 1 is 1.26 bits per heavy atom. The molecule has 2 aromatic carbocycles. The van der Waals surface area contributed by atoms with E-state index in [4.69, 9.17) is 4.74 Å². The van der Waals surface area contributed by atoms with Crippen LogP contribution < -0.4 is 9.64 Å². The SMILES string of the molecule is CCCN1c2cc(OC)c(C=Nc3ccc(O)cc3)cc2C(C)CC1(C)C. The fraction of sp³-hybridized carbons (Fsp3) is 0.435. The molecule has 1 N–H and O–H groups in total. The van der Waals surface area contributed by atoms with E-state index in [1.54, 1.807) is 31.4 Å². The van der Waals surface area contributed by atoms with Crippen LogP contribution in [0.15, 0.2) is 41.4 Å². The predicted molar refractivity (Wildman–Crippen MR) is 113 cm³/mol. The van der Waals surface area contributed by atoms with Gasteiger partial charge in [0.05, 0.1) is 12.8 Å². The molecular formula is C23H30N2O2. The summed E-state index contributed by atoms with van der Waals surface area (Å²) in [7, 11) is 1.71. The Kier molecular flexibility index (Phi) is 5.45. The molecule has 27 heavy (non-hydrogen) atoms. The molecule has 3 rings (SSSR count). The van der Waals surface area contributed by atoms with Gasteiger partial charge >= 0.3 is 0 Å².